The molecule has 1 aromatic carbocycles. The minimum absolute atomic E-state index is 0.00741. The molecule has 156 valence electrons. The average Bonchev–Trinajstić information content (AvgIpc) is 3.50. The van der Waals surface area contributed by atoms with E-state index in [-0.39, 0.29) is 5.91 Å². The van der Waals surface area contributed by atoms with Gasteiger partial charge in [0.15, 0.2) is 0 Å². The summed E-state index contributed by atoms with van der Waals surface area (Å²) in [5.74, 6) is 0.168. The third kappa shape index (κ3) is 3.32. The Morgan fingerprint density at radius 3 is 2.60 bits per heavy atom. The number of carbonyl (C=O) groups excluding carboxylic acids is 1. The van der Waals surface area contributed by atoms with Crippen LogP contribution in [0.2, 0.25) is 0 Å². The molecule has 2 heterocycles. The SMILES string of the molecule is CC[C@]1(C=NC)CCN(c2ccnc(Nc3ccc(C4(C(=O)O)CC4)cc3)n2)C1=O. The molecule has 8 nitrogen and oxygen atoms in total. The Hall–Kier alpha value is -3.29. The molecule has 2 fully saturated rings. The molecular formula is C22H25N5O3. The summed E-state index contributed by atoms with van der Waals surface area (Å²) in [5.41, 5.74) is 0.280. The Balaban J connectivity index is 1.51. The fraction of sp³-hybridized carbons (Fsp3) is 0.409. The summed E-state index contributed by atoms with van der Waals surface area (Å²) in [5, 5.41) is 12.6. The van der Waals surface area contributed by atoms with Crippen LogP contribution in [0, 0.1) is 5.41 Å². The van der Waals surface area contributed by atoms with Crippen molar-refractivity contribution in [1.29, 1.82) is 0 Å². The van der Waals surface area contributed by atoms with Crippen LogP contribution < -0.4 is 10.2 Å². The van der Waals surface area contributed by atoms with Crippen molar-refractivity contribution in [2.24, 2.45) is 10.4 Å². The third-order valence-corrected chi connectivity index (χ3v) is 6.23. The predicted molar refractivity (Wildman–Crippen MR) is 114 cm³/mol. The Morgan fingerprint density at radius 1 is 1.27 bits per heavy atom. The molecule has 0 bridgehead atoms. The van der Waals surface area contributed by atoms with Crippen LogP contribution in [-0.2, 0) is 15.0 Å². The fourth-order valence-corrected chi connectivity index (χ4v) is 4.11. The van der Waals surface area contributed by atoms with Gasteiger partial charge in [0.1, 0.15) is 5.82 Å². The minimum Gasteiger partial charge on any atom is -0.481 e. The van der Waals surface area contributed by atoms with E-state index in [1.165, 1.54) is 0 Å². The molecule has 30 heavy (non-hydrogen) atoms. The number of carboxylic acids is 1. The largest absolute Gasteiger partial charge is 0.481 e. The normalized spacial score (nSPS) is 22.5. The molecule has 1 aromatic heterocycles. The Bertz CT molecular complexity index is 1000. The summed E-state index contributed by atoms with van der Waals surface area (Å²) >= 11 is 0. The first-order chi connectivity index (χ1) is 14.4. The standard InChI is InChI=1S/C22H25N5O3/c1-3-21(14-23-2)11-13-27(18(21)28)17-8-12-24-20(26-17)25-16-6-4-15(5-7-16)22(9-10-22)19(29)30/h4-8,12,14H,3,9-11,13H2,1-2H3,(H,29,30)(H,24,25,26)/t21-/m1/s1. The van der Waals surface area contributed by atoms with Crippen LogP contribution in [0.15, 0.2) is 41.5 Å². The zero-order valence-electron chi connectivity index (χ0n) is 17.1. The van der Waals surface area contributed by atoms with Gasteiger partial charge in [0.25, 0.3) is 0 Å². The highest BCUT2D eigenvalue weighted by Crippen LogP contribution is 2.48. The van der Waals surface area contributed by atoms with Gasteiger partial charge in [-0.2, -0.15) is 4.98 Å². The van der Waals surface area contributed by atoms with Gasteiger partial charge >= 0.3 is 5.97 Å². The molecule has 0 radical (unpaired) electrons. The van der Waals surface area contributed by atoms with Gasteiger partial charge in [0, 0.05) is 31.7 Å². The summed E-state index contributed by atoms with van der Waals surface area (Å²) in [6.45, 7) is 2.58. The number of nitrogens with zero attached hydrogens (tertiary/aromatic N) is 4. The zero-order chi connectivity index (χ0) is 21.4. The first-order valence-corrected chi connectivity index (χ1v) is 10.1. The lowest BCUT2D eigenvalue weighted by Gasteiger charge is -2.22. The lowest BCUT2D eigenvalue weighted by atomic mass is 9.85. The molecule has 0 spiro atoms. The van der Waals surface area contributed by atoms with Crippen molar-refractivity contribution in [3.05, 3.63) is 42.1 Å². The van der Waals surface area contributed by atoms with Crippen molar-refractivity contribution >= 4 is 35.5 Å². The summed E-state index contributed by atoms with van der Waals surface area (Å²) in [7, 11) is 1.69. The molecule has 8 heteroatoms. The quantitative estimate of drug-likeness (QED) is 0.683. The molecule has 1 saturated carbocycles. The van der Waals surface area contributed by atoms with Crippen LogP contribution in [-0.4, -0.2) is 46.8 Å². The third-order valence-electron chi connectivity index (χ3n) is 6.23. The Kier molecular flexibility index (Phi) is 5.01. The van der Waals surface area contributed by atoms with E-state index in [1.54, 1.807) is 30.4 Å². The van der Waals surface area contributed by atoms with E-state index in [1.807, 2.05) is 31.2 Å². The number of anilines is 3. The monoisotopic (exact) mass is 407 g/mol. The van der Waals surface area contributed by atoms with Gasteiger partial charge < -0.3 is 10.4 Å². The maximum Gasteiger partial charge on any atom is 0.314 e. The number of amides is 1. The van der Waals surface area contributed by atoms with E-state index in [4.69, 9.17) is 0 Å². The number of benzene rings is 1. The number of aliphatic carboxylic acids is 1. The van der Waals surface area contributed by atoms with Crippen molar-refractivity contribution in [3.8, 4) is 0 Å². The first-order valence-electron chi connectivity index (χ1n) is 10.1. The molecule has 1 saturated heterocycles. The van der Waals surface area contributed by atoms with Crippen LogP contribution in [0.4, 0.5) is 17.5 Å². The highest BCUT2D eigenvalue weighted by molar-refractivity contribution is 6.09. The van der Waals surface area contributed by atoms with Gasteiger partial charge in [0.05, 0.1) is 10.8 Å². The van der Waals surface area contributed by atoms with E-state index in [0.29, 0.717) is 44.0 Å². The van der Waals surface area contributed by atoms with Gasteiger partial charge in [-0.05, 0) is 49.4 Å². The number of carboxylic acid groups (broad SMARTS) is 1. The second kappa shape index (κ2) is 7.51. The van der Waals surface area contributed by atoms with Gasteiger partial charge in [-0.15, -0.1) is 0 Å². The molecule has 4 rings (SSSR count). The molecule has 2 N–H and O–H groups in total. The smallest absolute Gasteiger partial charge is 0.314 e. The van der Waals surface area contributed by atoms with Gasteiger partial charge in [0.2, 0.25) is 11.9 Å². The molecule has 1 atom stereocenters. The number of aliphatic imine (C=N–C) groups is 1. The van der Waals surface area contributed by atoms with Crippen LogP contribution in [0.1, 0.15) is 38.2 Å². The zero-order valence-corrected chi connectivity index (χ0v) is 17.1. The summed E-state index contributed by atoms with van der Waals surface area (Å²) in [6, 6.07) is 9.04. The van der Waals surface area contributed by atoms with E-state index >= 15 is 0 Å². The molecule has 1 amide bonds. The Morgan fingerprint density at radius 2 is 2.00 bits per heavy atom. The topological polar surface area (TPSA) is 108 Å². The molecular weight excluding hydrogens is 382 g/mol. The van der Waals surface area contributed by atoms with Crippen molar-refractivity contribution in [1.82, 2.24) is 9.97 Å². The molecule has 2 aliphatic rings. The summed E-state index contributed by atoms with van der Waals surface area (Å²) in [4.78, 5) is 39.1. The Labute approximate surface area is 175 Å². The lowest BCUT2D eigenvalue weighted by Crippen LogP contribution is -2.35. The number of hydrogen-bond acceptors (Lipinski definition) is 6. The average molecular weight is 407 g/mol. The van der Waals surface area contributed by atoms with Crippen molar-refractivity contribution in [3.63, 3.8) is 0 Å². The van der Waals surface area contributed by atoms with Gasteiger partial charge in [-0.25, -0.2) is 4.98 Å². The number of hydrogen-bond donors (Lipinski definition) is 2. The van der Waals surface area contributed by atoms with Gasteiger partial charge in [-0.1, -0.05) is 19.1 Å². The van der Waals surface area contributed by atoms with E-state index in [0.717, 1.165) is 11.3 Å². The van der Waals surface area contributed by atoms with Crippen molar-refractivity contribution in [2.75, 3.05) is 23.8 Å². The molecule has 0 unspecified atom stereocenters. The number of rotatable bonds is 7. The number of aromatic nitrogens is 2. The summed E-state index contributed by atoms with van der Waals surface area (Å²) < 4.78 is 0. The predicted octanol–water partition coefficient (Wildman–Crippen LogP) is 3.17. The molecule has 1 aliphatic carbocycles. The lowest BCUT2D eigenvalue weighted by molar-refractivity contribution is -0.140. The molecule has 1 aliphatic heterocycles. The van der Waals surface area contributed by atoms with Crippen molar-refractivity contribution < 1.29 is 14.7 Å². The van der Waals surface area contributed by atoms with Crippen LogP contribution in [0.5, 0.6) is 0 Å². The maximum atomic E-state index is 13.0. The van der Waals surface area contributed by atoms with Gasteiger partial charge in [-0.3, -0.25) is 19.5 Å². The minimum atomic E-state index is -0.772. The van der Waals surface area contributed by atoms with E-state index in [9.17, 15) is 14.7 Å². The highest BCUT2D eigenvalue weighted by Gasteiger charge is 2.51. The second-order valence-electron chi connectivity index (χ2n) is 7.93. The maximum absolute atomic E-state index is 13.0. The van der Waals surface area contributed by atoms with E-state index < -0.39 is 16.8 Å². The molecule has 2 aromatic rings. The van der Waals surface area contributed by atoms with Crippen LogP contribution >= 0.6 is 0 Å². The van der Waals surface area contributed by atoms with Crippen LogP contribution in [0.25, 0.3) is 0 Å². The highest BCUT2D eigenvalue weighted by atomic mass is 16.4. The number of carbonyl (C=O) groups is 2. The van der Waals surface area contributed by atoms with E-state index in [2.05, 4.69) is 20.3 Å². The fourth-order valence-electron chi connectivity index (χ4n) is 4.11. The van der Waals surface area contributed by atoms with Crippen LogP contribution in [0.3, 0.4) is 0 Å². The summed E-state index contributed by atoms with van der Waals surface area (Å²) in [6.07, 6.45) is 6.12. The van der Waals surface area contributed by atoms with Crippen molar-refractivity contribution in [2.45, 2.75) is 38.0 Å². The number of nitrogens with one attached hydrogen (secondary N) is 1. The second-order valence-corrected chi connectivity index (χ2v) is 7.93. The first kappa shape index (κ1) is 20.0.